The Hall–Kier alpha value is -1.10. The van der Waals surface area contributed by atoms with Gasteiger partial charge in [0.15, 0.2) is 0 Å². The Morgan fingerprint density at radius 2 is 2.15 bits per heavy atom. The molecule has 0 spiro atoms. The quantitative estimate of drug-likeness (QED) is 0.821. The van der Waals surface area contributed by atoms with Crippen molar-refractivity contribution in [3.05, 3.63) is 30.3 Å². The third-order valence-corrected chi connectivity index (χ3v) is 3.85. The van der Waals surface area contributed by atoms with E-state index in [0.29, 0.717) is 6.10 Å². The van der Waals surface area contributed by atoms with Crippen LogP contribution in [0.4, 0.5) is 5.69 Å². The molecule has 1 aliphatic heterocycles. The lowest BCUT2D eigenvalue weighted by molar-refractivity contribution is -0.0221. The monoisotopic (exact) mass is 277 g/mol. The topological polar surface area (TPSA) is 41.7 Å². The average Bonchev–Trinajstić information content (AvgIpc) is 2.52. The van der Waals surface area contributed by atoms with E-state index in [9.17, 15) is 0 Å². The van der Waals surface area contributed by atoms with Crippen molar-refractivity contribution < 1.29 is 4.74 Å². The molecular formula is C16H27N3O. The first-order chi connectivity index (χ1) is 9.83. The molecule has 0 aromatic heterocycles. The molecule has 2 N–H and O–H groups in total. The number of ether oxygens (including phenoxy) is 1. The van der Waals surface area contributed by atoms with Gasteiger partial charge in [-0.15, -0.1) is 0 Å². The molecule has 0 bridgehead atoms. The average molecular weight is 277 g/mol. The summed E-state index contributed by atoms with van der Waals surface area (Å²) in [6.45, 7) is 8.92. The second-order valence-electron chi connectivity index (χ2n) is 5.31. The highest BCUT2D eigenvalue weighted by Gasteiger charge is 2.21. The number of hydrogen-bond acceptors (Lipinski definition) is 4. The maximum Gasteiger partial charge on any atom is 0.0877 e. The fourth-order valence-electron chi connectivity index (χ4n) is 2.67. The van der Waals surface area contributed by atoms with E-state index < -0.39 is 0 Å². The van der Waals surface area contributed by atoms with Crippen molar-refractivity contribution in [2.45, 2.75) is 19.4 Å². The molecule has 0 saturated carbocycles. The van der Waals surface area contributed by atoms with Crippen LogP contribution in [-0.2, 0) is 4.74 Å². The Bertz CT molecular complexity index is 371. The van der Waals surface area contributed by atoms with E-state index in [1.54, 1.807) is 0 Å². The van der Waals surface area contributed by atoms with E-state index in [0.717, 1.165) is 52.3 Å². The van der Waals surface area contributed by atoms with E-state index in [4.69, 9.17) is 10.5 Å². The predicted octanol–water partition coefficient (Wildman–Crippen LogP) is 1.56. The van der Waals surface area contributed by atoms with Crippen molar-refractivity contribution >= 4 is 5.69 Å². The summed E-state index contributed by atoms with van der Waals surface area (Å²) in [5.74, 6) is 0. The lowest BCUT2D eigenvalue weighted by atomic mass is 10.2. The minimum Gasteiger partial charge on any atom is -0.374 e. The molecule has 0 aliphatic carbocycles. The van der Waals surface area contributed by atoms with Gasteiger partial charge in [-0.2, -0.15) is 0 Å². The maximum absolute atomic E-state index is 5.93. The molecule has 2 rings (SSSR count). The van der Waals surface area contributed by atoms with Crippen molar-refractivity contribution in [2.24, 2.45) is 5.73 Å². The number of likely N-dealkylation sites (N-methyl/N-ethyl adjacent to an activating group) is 1. The van der Waals surface area contributed by atoms with Crippen LogP contribution in [0.15, 0.2) is 30.3 Å². The van der Waals surface area contributed by atoms with Crippen molar-refractivity contribution in [1.29, 1.82) is 0 Å². The highest BCUT2D eigenvalue weighted by molar-refractivity contribution is 5.46. The van der Waals surface area contributed by atoms with Gasteiger partial charge < -0.3 is 15.4 Å². The zero-order valence-corrected chi connectivity index (χ0v) is 12.5. The number of para-hydroxylation sites is 1. The summed E-state index contributed by atoms with van der Waals surface area (Å²) < 4.78 is 5.93. The maximum atomic E-state index is 5.93. The van der Waals surface area contributed by atoms with Gasteiger partial charge in [-0.25, -0.2) is 0 Å². The number of morpholine rings is 1. The molecule has 1 fully saturated rings. The third-order valence-electron chi connectivity index (χ3n) is 3.85. The standard InChI is InChI=1S/C16H27N3O/c1-2-18-11-12-20-16(13-18)14-19(10-6-9-17)15-7-4-3-5-8-15/h3-5,7-8,16H,2,6,9-14,17H2,1H3. The predicted molar refractivity (Wildman–Crippen MR) is 84.2 cm³/mol. The van der Waals surface area contributed by atoms with Crippen LogP contribution in [0.5, 0.6) is 0 Å². The smallest absolute Gasteiger partial charge is 0.0877 e. The Balaban J connectivity index is 1.96. The highest BCUT2D eigenvalue weighted by Crippen LogP contribution is 2.16. The van der Waals surface area contributed by atoms with Crippen LogP contribution in [0.1, 0.15) is 13.3 Å². The summed E-state index contributed by atoms with van der Waals surface area (Å²) in [6.07, 6.45) is 1.31. The molecule has 4 heteroatoms. The SMILES string of the molecule is CCN1CCOC(CN(CCCN)c2ccccc2)C1. The van der Waals surface area contributed by atoms with Crippen LogP contribution in [0.25, 0.3) is 0 Å². The second kappa shape index (κ2) is 8.25. The van der Waals surface area contributed by atoms with Crippen LogP contribution in [0, 0.1) is 0 Å². The number of nitrogens with two attached hydrogens (primary N) is 1. The molecule has 4 nitrogen and oxygen atoms in total. The Labute approximate surface area is 122 Å². The number of nitrogens with zero attached hydrogens (tertiary/aromatic N) is 2. The summed E-state index contributed by atoms with van der Waals surface area (Å²) >= 11 is 0. The molecule has 1 aromatic carbocycles. The molecule has 1 aromatic rings. The van der Waals surface area contributed by atoms with Crippen LogP contribution in [-0.4, -0.2) is 56.9 Å². The minimum atomic E-state index is 0.293. The molecule has 1 unspecified atom stereocenters. The van der Waals surface area contributed by atoms with Gasteiger partial charge in [0.25, 0.3) is 0 Å². The number of hydrogen-bond donors (Lipinski definition) is 1. The van der Waals surface area contributed by atoms with Gasteiger partial charge in [-0.3, -0.25) is 4.90 Å². The normalized spacial score (nSPS) is 20.0. The second-order valence-corrected chi connectivity index (χ2v) is 5.31. The molecule has 0 radical (unpaired) electrons. The molecule has 0 amide bonds. The summed E-state index contributed by atoms with van der Waals surface area (Å²) in [4.78, 5) is 4.86. The molecule has 1 heterocycles. The Kier molecular flexibility index (Phi) is 6.30. The van der Waals surface area contributed by atoms with Gasteiger partial charge >= 0.3 is 0 Å². The van der Waals surface area contributed by atoms with Crippen molar-refractivity contribution in [2.75, 3.05) is 50.8 Å². The molecule has 112 valence electrons. The first-order valence-corrected chi connectivity index (χ1v) is 7.67. The number of anilines is 1. The molecule has 20 heavy (non-hydrogen) atoms. The molecule has 1 atom stereocenters. The van der Waals surface area contributed by atoms with Gasteiger partial charge in [-0.1, -0.05) is 25.1 Å². The van der Waals surface area contributed by atoms with E-state index in [2.05, 4.69) is 47.1 Å². The fraction of sp³-hybridized carbons (Fsp3) is 0.625. The van der Waals surface area contributed by atoms with Crippen LogP contribution in [0.3, 0.4) is 0 Å². The summed E-state index contributed by atoms with van der Waals surface area (Å²) in [6, 6.07) is 10.6. The van der Waals surface area contributed by atoms with Crippen molar-refractivity contribution in [1.82, 2.24) is 4.90 Å². The van der Waals surface area contributed by atoms with Crippen molar-refractivity contribution in [3.63, 3.8) is 0 Å². The zero-order chi connectivity index (χ0) is 14.2. The lowest BCUT2D eigenvalue weighted by Gasteiger charge is -2.36. The number of benzene rings is 1. The van der Waals surface area contributed by atoms with Gasteiger partial charge in [0.05, 0.1) is 12.7 Å². The Morgan fingerprint density at radius 1 is 1.35 bits per heavy atom. The lowest BCUT2D eigenvalue weighted by Crippen LogP contribution is -2.47. The van der Waals surface area contributed by atoms with Gasteiger partial charge in [0.1, 0.15) is 0 Å². The third kappa shape index (κ3) is 4.47. The minimum absolute atomic E-state index is 0.293. The van der Waals surface area contributed by atoms with Crippen LogP contribution >= 0.6 is 0 Å². The Morgan fingerprint density at radius 3 is 2.85 bits per heavy atom. The van der Waals surface area contributed by atoms with Gasteiger partial charge in [-0.05, 0) is 31.6 Å². The van der Waals surface area contributed by atoms with Gasteiger partial charge in [0.2, 0.25) is 0 Å². The van der Waals surface area contributed by atoms with Crippen LogP contribution in [0.2, 0.25) is 0 Å². The van der Waals surface area contributed by atoms with E-state index in [1.807, 2.05) is 0 Å². The van der Waals surface area contributed by atoms with Crippen LogP contribution < -0.4 is 10.6 Å². The molecule has 1 saturated heterocycles. The first kappa shape index (κ1) is 15.3. The summed E-state index contributed by atoms with van der Waals surface area (Å²) in [7, 11) is 0. The summed E-state index contributed by atoms with van der Waals surface area (Å²) in [5.41, 5.74) is 6.93. The van der Waals surface area contributed by atoms with E-state index in [1.165, 1.54) is 5.69 Å². The van der Waals surface area contributed by atoms with Crippen molar-refractivity contribution in [3.8, 4) is 0 Å². The highest BCUT2D eigenvalue weighted by atomic mass is 16.5. The summed E-state index contributed by atoms with van der Waals surface area (Å²) in [5, 5.41) is 0. The fourth-order valence-corrected chi connectivity index (χ4v) is 2.67. The molecule has 1 aliphatic rings. The number of rotatable bonds is 7. The van der Waals surface area contributed by atoms with E-state index in [-0.39, 0.29) is 0 Å². The largest absolute Gasteiger partial charge is 0.374 e. The van der Waals surface area contributed by atoms with E-state index >= 15 is 0 Å². The zero-order valence-electron chi connectivity index (χ0n) is 12.5. The van der Waals surface area contributed by atoms with Gasteiger partial charge in [0, 0.05) is 31.9 Å². The first-order valence-electron chi connectivity index (χ1n) is 7.67. The molecular weight excluding hydrogens is 250 g/mol.